The predicted octanol–water partition coefficient (Wildman–Crippen LogP) is 5.64. The molecule has 4 N–H and O–H groups in total. The van der Waals surface area contributed by atoms with Gasteiger partial charge in [0.25, 0.3) is 0 Å². The van der Waals surface area contributed by atoms with E-state index in [1.54, 1.807) is 6.20 Å². The molecule has 1 fully saturated rings. The lowest BCUT2D eigenvalue weighted by atomic mass is 10.1. The van der Waals surface area contributed by atoms with Crippen LogP contribution in [0.2, 0.25) is 5.02 Å². The Kier molecular flexibility index (Phi) is 9.23. The number of anilines is 3. The minimum absolute atomic E-state index is 0.498. The van der Waals surface area contributed by atoms with Crippen molar-refractivity contribution < 1.29 is 4.79 Å². The average Bonchev–Trinajstić information content (AvgIpc) is 3.32. The summed E-state index contributed by atoms with van der Waals surface area (Å²) in [5, 5.41) is 11.2. The molecule has 3 heterocycles. The van der Waals surface area contributed by atoms with Crippen LogP contribution in [0.1, 0.15) is 19.3 Å². The molecule has 0 amide bonds. The van der Waals surface area contributed by atoms with E-state index in [9.17, 15) is 0 Å². The third-order valence-electron chi connectivity index (χ3n) is 5.20. The molecule has 33 heavy (non-hydrogen) atoms. The van der Waals surface area contributed by atoms with Crippen molar-refractivity contribution in [3.8, 4) is 11.3 Å². The molecule has 7 nitrogen and oxygen atoms in total. The lowest BCUT2D eigenvalue weighted by Crippen LogP contribution is -2.21. The maximum absolute atomic E-state index is 8.00. The van der Waals surface area contributed by atoms with Gasteiger partial charge >= 0.3 is 0 Å². The van der Waals surface area contributed by atoms with Gasteiger partial charge in [0.15, 0.2) is 0 Å². The van der Waals surface area contributed by atoms with Gasteiger partial charge in [-0.1, -0.05) is 42.3 Å². The number of rotatable bonds is 4. The largest absolute Gasteiger partial charge is 0.388 e. The third-order valence-corrected chi connectivity index (χ3v) is 5.48. The molecule has 0 spiro atoms. The van der Waals surface area contributed by atoms with Crippen LogP contribution in [0, 0.1) is 0 Å². The second-order valence-electron chi connectivity index (χ2n) is 7.40. The fourth-order valence-electron chi connectivity index (χ4n) is 3.57. The zero-order chi connectivity index (χ0) is 23.5. The Morgan fingerprint density at radius 2 is 1.76 bits per heavy atom. The molecule has 2 aromatic heterocycles. The second kappa shape index (κ2) is 12.6. The lowest BCUT2D eigenvalue weighted by molar-refractivity contribution is -0.0979. The van der Waals surface area contributed by atoms with Gasteiger partial charge in [-0.15, -0.1) is 0 Å². The number of hydrogen-bond donors (Lipinski definition) is 4. The number of benzene rings is 2. The molecule has 4 aromatic rings. The highest BCUT2D eigenvalue weighted by molar-refractivity contribution is 6.33. The summed E-state index contributed by atoms with van der Waals surface area (Å²) < 4.78 is 0. The summed E-state index contributed by atoms with van der Waals surface area (Å²) in [7, 11) is 1.88. The van der Waals surface area contributed by atoms with Crippen LogP contribution in [0.5, 0.6) is 0 Å². The smallest absolute Gasteiger partial charge is 0.227 e. The molecule has 1 aliphatic rings. The number of para-hydroxylation sites is 1. The van der Waals surface area contributed by atoms with Crippen molar-refractivity contribution in [2.24, 2.45) is 0 Å². The van der Waals surface area contributed by atoms with Crippen LogP contribution < -0.4 is 16.0 Å². The number of carbonyl (C=O) groups excluding carboxylic acids is 1. The SMILES string of the molecule is C1CCNCC1.C=O.CNc1cccc(Nc2ncc(Cl)c(-c3c[nH]c4ccccc34)n2)c1. The van der Waals surface area contributed by atoms with Crippen molar-refractivity contribution in [1.82, 2.24) is 20.3 Å². The van der Waals surface area contributed by atoms with Crippen LogP contribution in [0.15, 0.2) is 60.9 Å². The number of halogens is 1. The molecule has 0 unspecified atom stereocenters. The van der Waals surface area contributed by atoms with Gasteiger partial charge in [0.2, 0.25) is 5.95 Å². The van der Waals surface area contributed by atoms with Gasteiger partial charge in [0, 0.05) is 41.1 Å². The highest BCUT2D eigenvalue weighted by Gasteiger charge is 2.13. The first-order valence-corrected chi connectivity index (χ1v) is 11.3. The topological polar surface area (TPSA) is 94.7 Å². The van der Waals surface area contributed by atoms with Gasteiger partial charge < -0.3 is 25.7 Å². The second-order valence-corrected chi connectivity index (χ2v) is 7.81. The molecule has 0 aliphatic carbocycles. The normalized spacial score (nSPS) is 12.7. The molecule has 2 aromatic carbocycles. The maximum atomic E-state index is 8.00. The van der Waals surface area contributed by atoms with Gasteiger partial charge in [0.05, 0.1) is 16.9 Å². The zero-order valence-corrected chi connectivity index (χ0v) is 19.5. The first-order valence-electron chi connectivity index (χ1n) is 10.9. The van der Waals surface area contributed by atoms with Gasteiger partial charge in [-0.05, 0) is 50.2 Å². The van der Waals surface area contributed by atoms with Crippen LogP contribution in [0.4, 0.5) is 17.3 Å². The van der Waals surface area contributed by atoms with E-state index in [2.05, 4.69) is 30.9 Å². The van der Waals surface area contributed by atoms with Gasteiger partial charge in [-0.3, -0.25) is 0 Å². The monoisotopic (exact) mass is 464 g/mol. The third kappa shape index (κ3) is 6.54. The quantitative estimate of drug-likeness (QED) is 0.312. The van der Waals surface area contributed by atoms with Crippen LogP contribution in [0.3, 0.4) is 0 Å². The van der Waals surface area contributed by atoms with Crippen molar-refractivity contribution in [2.45, 2.75) is 19.3 Å². The van der Waals surface area contributed by atoms with Crippen molar-refractivity contribution in [3.63, 3.8) is 0 Å². The number of hydrogen-bond acceptors (Lipinski definition) is 6. The molecule has 8 heteroatoms. The molecule has 0 atom stereocenters. The Morgan fingerprint density at radius 1 is 1.00 bits per heavy atom. The Labute approximate surface area is 199 Å². The summed E-state index contributed by atoms with van der Waals surface area (Å²) in [6.45, 7) is 4.50. The van der Waals surface area contributed by atoms with E-state index in [1.165, 1.54) is 32.4 Å². The Hall–Kier alpha value is -3.42. The van der Waals surface area contributed by atoms with E-state index >= 15 is 0 Å². The highest BCUT2D eigenvalue weighted by Crippen LogP contribution is 2.32. The van der Waals surface area contributed by atoms with Gasteiger partial charge in [-0.25, -0.2) is 9.97 Å². The van der Waals surface area contributed by atoms with E-state index in [4.69, 9.17) is 16.4 Å². The van der Waals surface area contributed by atoms with Crippen molar-refractivity contribution in [2.75, 3.05) is 30.8 Å². The standard InChI is InChI=1S/C19H16ClN5.C5H11N.CH2O/c1-21-12-5-4-6-13(9-12)24-19-23-11-16(20)18(25-19)15-10-22-17-8-3-2-7-14(15)17;1-2-4-6-5-3-1;1-2/h2-11,21-22H,1H3,(H,23,24,25);6H,1-5H2;1H2. The summed E-state index contributed by atoms with van der Waals surface area (Å²) in [6, 6.07) is 16.0. The van der Waals surface area contributed by atoms with E-state index in [0.717, 1.165) is 27.8 Å². The van der Waals surface area contributed by atoms with Crippen molar-refractivity contribution in [3.05, 3.63) is 65.9 Å². The number of piperidine rings is 1. The number of nitrogens with one attached hydrogen (secondary N) is 4. The van der Waals surface area contributed by atoms with Crippen molar-refractivity contribution >= 4 is 46.6 Å². The summed E-state index contributed by atoms with van der Waals surface area (Å²) in [4.78, 5) is 20.2. The number of nitrogens with zero attached hydrogens (tertiary/aromatic N) is 2. The van der Waals surface area contributed by atoms with Crippen LogP contribution in [-0.4, -0.2) is 41.9 Å². The summed E-state index contributed by atoms with van der Waals surface area (Å²) in [5.41, 5.74) is 4.61. The highest BCUT2D eigenvalue weighted by atomic mass is 35.5. The molecule has 0 radical (unpaired) electrons. The Bertz CT molecular complexity index is 1150. The van der Waals surface area contributed by atoms with Crippen molar-refractivity contribution in [1.29, 1.82) is 0 Å². The number of H-pyrrole nitrogens is 1. The molecule has 0 saturated carbocycles. The lowest BCUT2D eigenvalue weighted by Gasteiger charge is -2.09. The average molecular weight is 465 g/mol. The minimum Gasteiger partial charge on any atom is -0.388 e. The predicted molar refractivity (Wildman–Crippen MR) is 137 cm³/mol. The molecule has 172 valence electrons. The first-order chi connectivity index (χ1) is 16.2. The summed E-state index contributed by atoms with van der Waals surface area (Å²) >= 11 is 6.36. The van der Waals surface area contributed by atoms with E-state index in [-0.39, 0.29) is 0 Å². The van der Waals surface area contributed by atoms with E-state index in [0.29, 0.717) is 16.7 Å². The maximum Gasteiger partial charge on any atom is 0.227 e. The molecular weight excluding hydrogens is 436 g/mol. The summed E-state index contributed by atoms with van der Waals surface area (Å²) in [6.07, 6.45) is 7.76. The minimum atomic E-state index is 0.498. The fraction of sp³-hybridized carbons (Fsp3) is 0.240. The summed E-state index contributed by atoms with van der Waals surface area (Å²) in [5.74, 6) is 0.498. The molecule has 1 saturated heterocycles. The number of aromatic amines is 1. The van der Waals surface area contributed by atoms with Crippen LogP contribution in [0.25, 0.3) is 22.2 Å². The molecule has 0 bridgehead atoms. The van der Waals surface area contributed by atoms with Crippen LogP contribution >= 0.6 is 11.6 Å². The fourth-order valence-corrected chi connectivity index (χ4v) is 3.76. The van der Waals surface area contributed by atoms with Crippen LogP contribution in [-0.2, 0) is 4.79 Å². The molecular formula is C25H29ClN6O. The number of aromatic nitrogens is 3. The van der Waals surface area contributed by atoms with Gasteiger partial charge in [0.1, 0.15) is 6.79 Å². The molecule has 5 rings (SSSR count). The number of fused-ring (bicyclic) bond motifs is 1. The van der Waals surface area contributed by atoms with E-state index in [1.807, 2.05) is 68.6 Å². The first kappa shape index (κ1) is 24.2. The Balaban J connectivity index is 0.000000329. The zero-order valence-electron chi connectivity index (χ0n) is 18.7. The number of carbonyl (C=O) groups is 1. The van der Waals surface area contributed by atoms with Gasteiger partial charge in [-0.2, -0.15) is 0 Å². The van der Waals surface area contributed by atoms with E-state index < -0.39 is 0 Å². The molecule has 1 aliphatic heterocycles. The Morgan fingerprint density at radius 3 is 2.45 bits per heavy atom.